The highest BCUT2D eigenvalue weighted by molar-refractivity contribution is 7.90. The van der Waals surface area contributed by atoms with Gasteiger partial charge in [0.2, 0.25) is 0 Å². The molecule has 1 atom stereocenters. The van der Waals surface area contributed by atoms with Gasteiger partial charge in [-0.05, 0) is 84.0 Å². The molecule has 4 aromatic carbocycles. The van der Waals surface area contributed by atoms with Gasteiger partial charge in [-0.25, -0.2) is 18.1 Å². The van der Waals surface area contributed by atoms with Crippen LogP contribution in [0.3, 0.4) is 0 Å². The fourth-order valence-corrected chi connectivity index (χ4v) is 8.70. The van der Waals surface area contributed by atoms with Crippen LogP contribution in [0.25, 0.3) is 22.2 Å². The van der Waals surface area contributed by atoms with Gasteiger partial charge in [0.05, 0.1) is 21.6 Å². The Morgan fingerprint density at radius 1 is 0.963 bits per heavy atom. The smallest absolute Gasteiger partial charge is 0.270 e. The summed E-state index contributed by atoms with van der Waals surface area (Å²) < 4.78 is 34.8. The van der Waals surface area contributed by atoms with Crippen LogP contribution in [-0.2, 0) is 16.4 Å². The minimum absolute atomic E-state index is 0.0343. The Balaban J connectivity index is 1.06. The number of aryl methyl sites for hydroxylation is 1. The third-order valence-electron chi connectivity index (χ3n) is 10.1. The standard InChI is InChI=1S/C40H35ClN6O6S/c41-29-8-1-7-27(21-29)34-11-2-5-26-6-3-12-36(38(26)34)46-19-17-45(18-20-46)30-13-14-35(37(24-30)53-32-22-28-15-16-42-39(28)43-25-32)40(48)44-54(51,52)33-10-4-9-31(23-33)47(49)50/h1-2,4-5,7-11,13-16,21-25,36H,3,6,12,17-20H2,(H,42,43)(H,44,48). The molecule has 12 nitrogen and oxygen atoms in total. The summed E-state index contributed by atoms with van der Waals surface area (Å²) in [5, 5.41) is 12.8. The summed E-state index contributed by atoms with van der Waals surface area (Å²) in [7, 11) is -4.46. The number of nitrogens with one attached hydrogen (secondary N) is 2. The number of hydrogen-bond donors (Lipinski definition) is 2. The van der Waals surface area contributed by atoms with Crippen molar-refractivity contribution in [2.45, 2.75) is 30.2 Å². The zero-order chi connectivity index (χ0) is 37.4. The number of carbonyl (C=O) groups is 1. The molecule has 2 aliphatic rings. The van der Waals surface area contributed by atoms with Gasteiger partial charge in [0, 0.05) is 72.7 Å². The molecule has 3 heterocycles. The summed E-state index contributed by atoms with van der Waals surface area (Å²) >= 11 is 6.41. The van der Waals surface area contributed by atoms with Gasteiger partial charge in [0.25, 0.3) is 21.6 Å². The molecule has 2 aromatic heterocycles. The predicted molar refractivity (Wildman–Crippen MR) is 207 cm³/mol. The zero-order valence-corrected chi connectivity index (χ0v) is 30.5. The van der Waals surface area contributed by atoms with Crippen molar-refractivity contribution in [3.05, 3.63) is 141 Å². The Morgan fingerprint density at radius 2 is 1.78 bits per heavy atom. The minimum atomic E-state index is -4.46. The number of nitrogens with zero attached hydrogens (tertiary/aromatic N) is 4. The molecule has 1 fully saturated rings. The fourth-order valence-electron chi connectivity index (χ4n) is 7.50. The maximum absolute atomic E-state index is 13.6. The van der Waals surface area contributed by atoms with E-state index in [4.69, 9.17) is 16.3 Å². The first-order chi connectivity index (χ1) is 26.1. The second-order valence-corrected chi connectivity index (χ2v) is 15.5. The number of pyridine rings is 1. The van der Waals surface area contributed by atoms with E-state index in [1.165, 1.54) is 47.2 Å². The van der Waals surface area contributed by atoms with E-state index in [0.29, 0.717) is 29.5 Å². The van der Waals surface area contributed by atoms with Crippen molar-refractivity contribution >= 4 is 49.9 Å². The molecule has 0 saturated carbocycles. The van der Waals surface area contributed by atoms with Crippen molar-refractivity contribution in [2.24, 2.45) is 0 Å². The van der Waals surface area contributed by atoms with Gasteiger partial charge in [0.1, 0.15) is 17.1 Å². The Hall–Kier alpha value is -5.76. The molecule has 6 aromatic rings. The van der Waals surface area contributed by atoms with Gasteiger partial charge in [0.15, 0.2) is 0 Å². The number of halogens is 1. The number of nitro groups is 1. The third kappa shape index (κ3) is 7.13. The van der Waals surface area contributed by atoms with Crippen molar-refractivity contribution < 1.29 is 22.9 Å². The maximum atomic E-state index is 13.6. The van der Waals surface area contributed by atoms with Crippen LogP contribution in [-0.4, -0.2) is 60.3 Å². The second kappa shape index (κ2) is 14.6. The number of nitro benzene ring substituents is 1. The number of H-pyrrole nitrogens is 1. The van der Waals surface area contributed by atoms with Crippen LogP contribution in [0.5, 0.6) is 11.5 Å². The van der Waals surface area contributed by atoms with E-state index in [0.717, 1.165) is 55.1 Å². The highest BCUT2D eigenvalue weighted by Crippen LogP contribution is 2.42. The molecule has 1 saturated heterocycles. The van der Waals surface area contributed by atoms with Gasteiger partial charge >= 0.3 is 0 Å². The lowest BCUT2D eigenvalue weighted by molar-refractivity contribution is -0.385. The van der Waals surface area contributed by atoms with Gasteiger partial charge in [-0.1, -0.05) is 48.0 Å². The SMILES string of the molecule is O=C(NS(=O)(=O)c1cccc([N+](=O)[O-])c1)c1ccc(N2CCN(C3CCCc4cccc(-c5cccc(Cl)c5)c43)CC2)cc1Oc1cnc2[nH]ccc2c1. The Bertz CT molecular complexity index is 2520. The van der Waals surface area contributed by atoms with E-state index in [9.17, 15) is 23.3 Å². The first-order valence-electron chi connectivity index (χ1n) is 17.6. The number of piperazine rings is 1. The monoisotopic (exact) mass is 762 g/mol. The van der Waals surface area contributed by atoms with Crippen LogP contribution < -0.4 is 14.4 Å². The fraction of sp³-hybridized carbons (Fsp3) is 0.200. The van der Waals surface area contributed by atoms with E-state index in [1.807, 2.05) is 24.3 Å². The molecule has 0 spiro atoms. The molecule has 0 bridgehead atoms. The summed E-state index contributed by atoms with van der Waals surface area (Å²) in [5.74, 6) is -0.466. The number of fused-ring (bicyclic) bond motifs is 2. The Morgan fingerprint density at radius 3 is 2.59 bits per heavy atom. The van der Waals surface area contributed by atoms with E-state index >= 15 is 0 Å². The Kier molecular flexibility index (Phi) is 9.52. The highest BCUT2D eigenvalue weighted by Gasteiger charge is 2.32. The number of aromatic nitrogens is 2. The minimum Gasteiger partial charge on any atom is -0.455 e. The molecule has 1 aliphatic heterocycles. The van der Waals surface area contributed by atoms with Crippen molar-refractivity contribution in [2.75, 3.05) is 31.1 Å². The maximum Gasteiger partial charge on any atom is 0.270 e. The number of ether oxygens (including phenoxy) is 1. The average Bonchev–Trinajstić information content (AvgIpc) is 3.65. The number of carbonyl (C=O) groups excluding carboxylic acids is 1. The van der Waals surface area contributed by atoms with Crippen molar-refractivity contribution in [3.63, 3.8) is 0 Å². The molecule has 54 heavy (non-hydrogen) atoms. The van der Waals surface area contributed by atoms with Gasteiger partial charge in [-0.15, -0.1) is 0 Å². The van der Waals surface area contributed by atoms with Gasteiger partial charge < -0.3 is 14.6 Å². The number of benzene rings is 4. The van der Waals surface area contributed by atoms with Crippen LogP contribution in [0.1, 0.15) is 40.4 Å². The first kappa shape index (κ1) is 35.3. The molecular weight excluding hydrogens is 728 g/mol. The number of sulfonamides is 1. The van der Waals surface area contributed by atoms with Crippen LogP contribution in [0.15, 0.2) is 114 Å². The average molecular weight is 763 g/mol. The van der Waals surface area contributed by atoms with E-state index < -0.39 is 31.4 Å². The topological polar surface area (TPSA) is 151 Å². The quantitative estimate of drug-likeness (QED) is 0.111. The number of aromatic amines is 1. The van der Waals surface area contributed by atoms with E-state index in [1.54, 1.807) is 24.4 Å². The Labute approximate surface area is 316 Å². The van der Waals surface area contributed by atoms with E-state index in [2.05, 4.69) is 48.8 Å². The number of amides is 1. The summed E-state index contributed by atoms with van der Waals surface area (Å²) in [5.41, 5.74) is 6.11. The lowest BCUT2D eigenvalue weighted by Crippen LogP contribution is -2.48. The van der Waals surface area contributed by atoms with Crippen molar-refractivity contribution in [1.29, 1.82) is 0 Å². The molecule has 274 valence electrons. The lowest BCUT2D eigenvalue weighted by Gasteiger charge is -2.43. The van der Waals surface area contributed by atoms with Gasteiger partial charge in [-0.3, -0.25) is 19.8 Å². The molecule has 1 unspecified atom stereocenters. The summed E-state index contributed by atoms with van der Waals surface area (Å²) in [6.45, 7) is 3.05. The molecule has 8 rings (SSSR count). The van der Waals surface area contributed by atoms with Crippen molar-refractivity contribution in [1.82, 2.24) is 19.6 Å². The lowest BCUT2D eigenvalue weighted by atomic mass is 9.81. The summed E-state index contributed by atoms with van der Waals surface area (Å²) in [6, 6.07) is 28.0. The molecule has 0 radical (unpaired) electrons. The highest BCUT2D eigenvalue weighted by atomic mass is 35.5. The largest absolute Gasteiger partial charge is 0.455 e. The summed E-state index contributed by atoms with van der Waals surface area (Å²) in [4.78, 5) is 36.0. The van der Waals surface area contributed by atoms with Crippen LogP contribution in [0.4, 0.5) is 11.4 Å². The van der Waals surface area contributed by atoms with E-state index in [-0.39, 0.29) is 17.4 Å². The molecule has 1 aliphatic carbocycles. The number of hydrogen-bond acceptors (Lipinski definition) is 9. The van der Waals surface area contributed by atoms with Crippen LogP contribution >= 0.6 is 11.6 Å². The summed E-state index contributed by atoms with van der Waals surface area (Å²) in [6.07, 6.45) is 6.49. The zero-order valence-electron chi connectivity index (χ0n) is 28.9. The number of rotatable bonds is 9. The molecular formula is C40H35ClN6O6S. The number of non-ortho nitro benzene ring substituents is 1. The normalized spacial score (nSPS) is 16.2. The molecule has 1 amide bonds. The number of anilines is 1. The second-order valence-electron chi connectivity index (χ2n) is 13.4. The predicted octanol–water partition coefficient (Wildman–Crippen LogP) is 7.90. The molecule has 2 N–H and O–H groups in total. The van der Waals surface area contributed by atoms with Crippen LogP contribution in [0, 0.1) is 10.1 Å². The molecule has 14 heteroatoms. The van der Waals surface area contributed by atoms with Crippen LogP contribution in [0.2, 0.25) is 5.02 Å². The third-order valence-corrected chi connectivity index (χ3v) is 11.7. The van der Waals surface area contributed by atoms with Gasteiger partial charge in [-0.2, -0.15) is 0 Å². The van der Waals surface area contributed by atoms with Crippen molar-refractivity contribution in [3.8, 4) is 22.6 Å². The first-order valence-corrected chi connectivity index (χ1v) is 19.4.